The lowest BCUT2D eigenvalue weighted by atomic mass is 10.0. The summed E-state index contributed by atoms with van der Waals surface area (Å²) >= 11 is 0. The van der Waals surface area contributed by atoms with E-state index >= 15 is 0 Å². The molecule has 0 aliphatic carbocycles. The van der Waals surface area contributed by atoms with Gasteiger partial charge in [0.05, 0.1) is 6.10 Å². The first kappa shape index (κ1) is 8.31. The van der Waals surface area contributed by atoms with E-state index in [0.29, 0.717) is 12.1 Å². The second-order valence-electron chi connectivity index (χ2n) is 3.26. The van der Waals surface area contributed by atoms with Crippen molar-refractivity contribution >= 4 is 12.4 Å². The lowest BCUT2D eigenvalue weighted by molar-refractivity contribution is 0.114. The van der Waals surface area contributed by atoms with Gasteiger partial charge in [0.25, 0.3) is 0 Å². The van der Waals surface area contributed by atoms with Gasteiger partial charge in [0.1, 0.15) is 0 Å². The van der Waals surface area contributed by atoms with E-state index in [0.717, 1.165) is 12.8 Å². The third kappa shape index (κ3) is 1.44. The molecule has 2 aliphatic rings. The summed E-state index contributed by atoms with van der Waals surface area (Å²) < 4.78 is 0. The van der Waals surface area contributed by atoms with Gasteiger partial charge in [-0.15, -0.1) is 12.4 Å². The molecule has 0 aromatic rings. The molecule has 0 aromatic carbocycles. The van der Waals surface area contributed by atoms with E-state index in [-0.39, 0.29) is 18.5 Å². The second-order valence-corrected chi connectivity index (χ2v) is 3.26. The van der Waals surface area contributed by atoms with Gasteiger partial charge in [-0.25, -0.2) is 0 Å². The number of hydrogen-bond acceptors (Lipinski definition) is 2. The van der Waals surface area contributed by atoms with Gasteiger partial charge >= 0.3 is 0 Å². The summed E-state index contributed by atoms with van der Waals surface area (Å²) in [6, 6.07) is 1.28. The van der Waals surface area contributed by atoms with E-state index in [4.69, 9.17) is 0 Å². The average Bonchev–Trinajstić information content (AvgIpc) is 2.11. The Balaban J connectivity index is 0.000000500. The van der Waals surface area contributed by atoms with Crippen LogP contribution in [0.2, 0.25) is 0 Å². The predicted octanol–water partition coefficient (Wildman–Crippen LogP) is 0.683. The van der Waals surface area contributed by atoms with Crippen molar-refractivity contribution in [2.45, 2.75) is 43.9 Å². The van der Waals surface area contributed by atoms with Crippen molar-refractivity contribution in [2.75, 3.05) is 0 Å². The molecule has 2 nitrogen and oxygen atoms in total. The van der Waals surface area contributed by atoms with Crippen LogP contribution in [-0.2, 0) is 0 Å². The average molecular weight is 164 g/mol. The molecule has 0 aromatic heterocycles. The molecule has 0 saturated carbocycles. The van der Waals surface area contributed by atoms with Gasteiger partial charge < -0.3 is 10.4 Å². The molecule has 3 heteroatoms. The minimum atomic E-state index is -0.0104. The number of fused-ring (bicyclic) bond motifs is 2. The SMILES string of the molecule is Cl.O[C@@H]1C[C@H]2CC[C@@H](C1)N2. The molecule has 3 atom stereocenters. The fraction of sp³-hybridized carbons (Fsp3) is 1.00. The van der Waals surface area contributed by atoms with Crippen LogP contribution in [0, 0.1) is 0 Å². The first-order chi connectivity index (χ1) is 4.34. The molecule has 10 heavy (non-hydrogen) atoms. The van der Waals surface area contributed by atoms with Crippen molar-refractivity contribution in [1.29, 1.82) is 0 Å². The molecule has 0 amide bonds. The molecular weight excluding hydrogens is 150 g/mol. The zero-order valence-electron chi connectivity index (χ0n) is 5.92. The Hall–Kier alpha value is 0.210. The topological polar surface area (TPSA) is 32.3 Å². The van der Waals surface area contributed by atoms with E-state index in [2.05, 4.69) is 5.32 Å². The largest absolute Gasteiger partial charge is 0.393 e. The maximum atomic E-state index is 9.25. The highest BCUT2D eigenvalue weighted by Gasteiger charge is 2.31. The Morgan fingerprint density at radius 1 is 1.10 bits per heavy atom. The van der Waals surface area contributed by atoms with Crippen molar-refractivity contribution < 1.29 is 5.11 Å². The summed E-state index contributed by atoms with van der Waals surface area (Å²) in [4.78, 5) is 0. The van der Waals surface area contributed by atoms with Crippen molar-refractivity contribution in [3.63, 3.8) is 0 Å². The van der Waals surface area contributed by atoms with Crippen molar-refractivity contribution in [2.24, 2.45) is 0 Å². The van der Waals surface area contributed by atoms with Crippen molar-refractivity contribution in [3.8, 4) is 0 Å². The molecule has 60 valence electrons. The van der Waals surface area contributed by atoms with Crippen LogP contribution in [0.15, 0.2) is 0 Å². The van der Waals surface area contributed by atoms with Crippen LogP contribution in [0.25, 0.3) is 0 Å². The molecule has 2 saturated heterocycles. The van der Waals surface area contributed by atoms with E-state index in [9.17, 15) is 5.11 Å². The molecule has 0 radical (unpaired) electrons. The van der Waals surface area contributed by atoms with Crippen LogP contribution >= 0.6 is 12.4 Å². The number of nitrogens with one attached hydrogen (secondary N) is 1. The van der Waals surface area contributed by atoms with Gasteiger partial charge in [-0.3, -0.25) is 0 Å². The van der Waals surface area contributed by atoms with Crippen LogP contribution in [0.3, 0.4) is 0 Å². The van der Waals surface area contributed by atoms with Gasteiger partial charge in [0, 0.05) is 12.1 Å². The molecule has 2 aliphatic heterocycles. The third-order valence-corrected chi connectivity index (χ3v) is 2.45. The zero-order valence-corrected chi connectivity index (χ0v) is 6.73. The normalized spacial score (nSPS) is 44.7. The number of piperidine rings is 1. The van der Waals surface area contributed by atoms with Crippen LogP contribution in [0.1, 0.15) is 25.7 Å². The van der Waals surface area contributed by atoms with Crippen LogP contribution in [0.4, 0.5) is 0 Å². The minimum absolute atomic E-state index is 0. The second kappa shape index (κ2) is 3.07. The molecule has 2 heterocycles. The number of aliphatic hydroxyl groups excluding tert-OH is 1. The highest BCUT2D eigenvalue weighted by atomic mass is 35.5. The summed E-state index contributed by atoms with van der Waals surface area (Å²) in [7, 11) is 0. The van der Waals surface area contributed by atoms with Crippen LogP contribution in [0.5, 0.6) is 0 Å². The van der Waals surface area contributed by atoms with E-state index < -0.39 is 0 Å². The number of halogens is 1. The monoisotopic (exact) mass is 163 g/mol. The predicted molar refractivity (Wildman–Crippen MR) is 42.4 cm³/mol. The maximum Gasteiger partial charge on any atom is 0.0569 e. The summed E-state index contributed by atoms with van der Waals surface area (Å²) in [5, 5.41) is 12.7. The summed E-state index contributed by atoms with van der Waals surface area (Å²) in [5.74, 6) is 0. The maximum absolute atomic E-state index is 9.25. The summed E-state index contributed by atoms with van der Waals surface area (Å²) in [6.07, 6.45) is 4.51. The van der Waals surface area contributed by atoms with Gasteiger partial charge in [-0.1, -0.05) is 0 Å². The Bertz CT molecular complexity index is 108. The van der Waals surface area contributed by atoms with Gasteiger partial charge in [-0.2, -0.15) is 0 Å². The standard InChI is InChI=1S/C7H13NO.ClH/c9-7-3-5-1-2-6(4-7)8-5;/h5-9H,1-4H2;1H/t5-,6+,7-;. The number of aliphatic hydroxyl groups is 1. The Labute approximate surface area is 67.4 Å². The summed E-state index contributed by atoms with van der Waals surface area (Å²) in [5.41, 5.74) is 0. The molecule has 0 spiro atoms. The molecule has 2 bridgehead atoms. The highest BCUT2D eigenvalue weighted by molar-refractivity contribution is 5.85. The first-order valence-corrected chi connectivity index (χ1v) is 3.79. The number of hydrogen-bond donors (Lipinski definition) is 2. The van der Waals surface area contributed by atoms with E-state index in [1.165, 1.54) is 12.8 Å². The van der Waals surface area contributed by atoms with Crippen LogP contribution < -0.4 is 5.32 Å². The third-order valence-electron chi connectivity index (χ3n) is 2.45. The lowest BCUT2D eigenvalue weighted by Gasteiger charge is -2.24. The Morgan fingerprint density at radius 2 is 1.60 bits per heavy atom. The molecule has 2 N–H and O–H groups in total. The van der Waals surface area contributed by atoms with Crippen molar-refractivity contribution in [1.82, 2.24) is 5.32 Å². The van der Waals surface area contributed by atoms with E-state index in [1.54, 1.807) is 0 Å². The quantitative estimate of drug-likeness (QED) is 0.551. The minimum Gasteiger partial charge on any atom is -0.393 e. The van der Waals surface area contributed by atoms with E-state index in [1.807, 2.05) is 0 Å². The molecule has 2 rings (SSSR count). The fourth-order valence-corrected chi connectivity index (χ4v) is 2.03. The molecular formula is C7H14ClNO. The molecule has 2 fully saturated rings. The van der Waals surface area contributed by atoms with Crippen molar-refractivity contribution in [3.05, 3.63) is 0 Å². The first-order valence-electron chi connectivity index (χ1n) is 3.79. The Morgan fingerprint density at radius 3 is 2.10 bits per heavy atom. The van der Waals surface area contributed by atoms with Gasteiger partial charge in [-0.05, 0) is 25.7 Å². The lowest BCUT2D eigenvalue weighted by Crippen LogP contribution is -2.40. The van der Waals surface area contributed by atoms with Gasteiger partial charge in [0.2, 0.25) is 0 Å². The highest BCUT2D eigenvalue weighted by Crippen LogP contribution is 2.26. The molecule has 0 unspecified atom stereocenters. The fourth-order valence-electron chi connectivity index (χ4n) is 2.03. The van der Waals surface area contributed by atoms with Gasteiger partial charge in [0.15, 0.2) is 0 Å². The smallest absolute Gasteiger partial charge is 0.0569 e. The number of rotatable bonds is 0. The zero-order chi connectivity index (χ0) is 6.27. The van der Waals surface area contributed by atoms with Crippen LogP contribution in [-0.4, -0.2) is 23.3 Å². The Kier molecular flexibility index (Phi) is 2.55. The summed E-state index contributed by atoms with van der Waals surface area (Å²) in [6.45, 7) is 0.